The van der Waals surface area contributed by atoms with Gasteiger partial charge in [0.05, 0.1) is 11.8 Å². The van der Waals surface area contributed by atoms with E-state index in [0.717, 1.165) is 18.5 Å². The van der Waals surface area contributed by atoms with Crippen LogP contribution in [0.2, 0.25) is 5.02 Å². The molecule has 2 N–H and O–H groups in total. The lowest BCUT2D eigenvalue weighted by Gasteiger charge is -2.26. The summed E-state index contributed by atoms with van der Waals surface area (Å²) >= 11 is 6.14. The van der Waals surface area contributed by atoms with E-state index in [-0.39, 0.29) is 24.1 Å². The van der Waals surface area contributed by atoms with Crippen LogP contribution >= 0.6 is 24.0 Å². The standard InChI is InChI=1S/C17H18ClN7O.ClH/c1-24-9-14(20-10-24)22-15-12-8-11(18)2-3-13(12)21-16(23-15)17(26)25-6-4-19-5-7-25;/h2-3,8-10,19H,4-7H2,1H3,(H,21,22,23);1H. The zero-order chi connectivity index (χ0) is 18.1. The van der Waals surface area contributed by atoms with E-state index < -0.39 is 0 Å². The zero-order valence-electron chi connectivity index (χ0n) is 14.6. The Morgan fingerprint density at radius 3 is 2.74 bits per heavy atom. The van der Waals surface area contributed by atoms with Gasteiger partial charge in [-0.25, -0.2) is 15.0 Å². The topological polar surface area (TPSA) is 88.0 Å². The maximum Gasteiger partial charge on any atom is 0.291 e. The van der Waals surface area contributed by atoms with Gasteiger partial charge in [-0.05, 0) is 18.2 Å². The number of fused-ring (bicyclic) bond motifs is 1. The monoisotopic (exact) mass is 407 g/mol. The van der Waals surface area contributed by atoms with Crippen molar-refractivity contribution in [2.24, 2.45) is 7.05 Å². The molecule has 2 aromatic heterocycles. The minimum atomic E-state index is -0.174. The zero-order valence-corrected chi connectivity index (χ0v) is 16.2. The third-order valence-electron chi connectivity index (χ3n) is 4.20. The molecule has 0 atom stereocenters. The number of halogens is 2. The molecule has 1 aliphatic rings. The first kappa shape index (κ1) is 19.3. The third kappa shape index (κ3) is 4.13. The Kier molecular flexibility index (Phi) is 5.79. The van der Waals surface area contributed by atoms with Crippen molar-refractivity contribution in [1.82, 2.24) is 29.7 Å². The van der Waals surface area contributed by atoms with Crippen LogP contribution in [0.1, 0.15) is 10.6 Å². The molecular formula is C17H19Cl2N7O. The normalized spacial score (nSPS) is 14.1. The average molecular weight is 408 g/mol. The fourth-order valence-electron chi connectivity index (χ4n) is 2.90. The molecule has 142 valence electrons. The van der Waals surface area contributed by atoms with Crippen molar-refractivity contribution in [2.75, 3.05) is 31.5 Å². The number of anilines is 2. The maximum absolute atomic E-state index is 12.8. The Balaban J connectivity index is 0.00000210. The van der Waals surface area contributed by atoms with Gasteiger partial charge in [0.1, 0.15) is 11.6 Å². The lowest BCUT2D eigenvalue weighted by Crippen LogP contribution is -2.46. The van der Waals surface area contributed by atoms with E-state index in [9.17, 15) is 4.79 Å². The molecule has 3 aromatic rings. The highest BCUT2D eigenvalue weighted by atomic mass is 35.5. The number of carbonyl (C=O) groups excluding carboxylic acids is 1. The molecule has 0 saturated carbocycles. The molecule has 1 fully saturated rings. The molecule has 0 radical (unpaired) electrons. The number of nitrogens with one attached hydrogen (secondary N) is 2. The van der Waals surface area contributed by atoms with Gasteiger partial charge in [0.15, 0.2) is 0 Å². The first-order valence-electron chi connectivity index (χ1n) is 8.32. The van der Waals surface area contributed by atoms with Gasteiger partial charge in [-0.15, -0.1) is 12.4 Å². The predicted octanol–water partition coefficient (Wildman–Crippen LogP) is 2.23. The van der Waals surface area contributed by atoms with E-state index in [2.05, 4.69) is 25.6 Å². The fraction of sp³-hybridized carbons (Fsp3) is 0.294. The fourth-order valence-corrected chi connectivity index (χ4v) is 3.07. The number of amides is 1. The SMILES string of the molecule is Cl.Cn1cnc(Nc2nc(C(=O)N3CCNCC3)nc3ccc(Cl)cc23)c1. The van der Waals surface area contributed by atoms with Crippen molar-refractivity contribution in [3.63, 3.8) is 0 Å². The highest BCUT2D eigenvalue weighted by Gasteiger charge is 2.22. The predicted molar refractivity (Wildman–Crippen MR) is 107 cm³/mol. The van der Waals surface area contributed by atoms with Crippen LogP contribution in [-0.4, -0.2) is 56.5 Å². The summed E-state index contributed by atoms with van der Waals surface area (Å²) in [6.45, 7) is 2.83. The molecule has 1 aliphatic heterocycles. The molecule has 10 heteroatoms. The van der Waals surface area contributed by atoms with Gasteiger partial charge in [0, 0.05) is 49.8 Å². The maximum atomic E-state index is 12.8. The Morgan fingerprint density at radius 1 is 1.26 bits per heavy atom. The summed E-state index contributed by atoms with van der Waals surface area (Å²) in [7, 11) is 1.88. The van der Waals surface area contributed by atoms with Crippen LogP contribution in [0.3, 0.4) is 0 Å². The van der Waals surface area contributed by atoms with Gasteiger partial charge in [0.25, 0.3) is 5.91 Å². The summed E-state index contributed by atoms with van der Waals surface area (Å²) in [6.07, 6.45) is 3.52. The summed E-state index contributed by atoms with van der Waals surface area (Å²) in [5, 5.41) is 7.71. The highest BCUT2D eigenvalue weighted by Crippen LogP contribution is 2.26. The number of carbonyl (C=O) groups is 1. The number of aromatic nitrogens is 4. The van der Waals surface area contributed by atoms with E-state index in [1.54, 1.807) is 29.4 Å². The molecular weight excluding hydrogens is 389 g/mol. The van der Waals surface area contributed by atoms with Crippen molar-refractivity contribution in [1.29, 1.82) is 0 Å². The molecule has 0 spiro atoms. The average Bonchev–Trinajstić information content (AvgIpc) is 3.07. The van der Waals surface area contributed by atoms with Crippen molar-refractivity contribution in [2.45, 2.75) is 0 Å². The molecule has 3 heterocycles. The Bertz CT molecular complexity index is 969. The quantitative estimate of drug-likeness (QED) is 0.691. The molecule has 0 unspecified atom stereocenters. The van der Waals surface area contributed by atoms with Crippen molar-refractivity contribution < 1.29 is 4.79 Å². The molecule has 0 bridgehead atoms. The number of hydrogen-bond acceptors (Lipinski definition) is 6. The summed E-state index contributed by atoms with van der Waals surface area (Å²) < 4.78 is 1.82. The Labute approximate surface area is 167 Å². The van der Waals surface area contributed by atoms with Gasteiger partial charge >= 0.3 is 0 Å². The van der Waals surface area contributed by atoms with E-state index in [4.69, 9.17) is 11.6 Å². The lowest BCUT2D eigenvalue weighted by atomic mass is 10.2. The largest absolute Gasteiger partial charge is 0.338 e. The molecule has 0 aliphatic carbocycles. The van der Waals surface area contributed by atoms with E-state index >= 15 is 0 Å². The number of piperazine rings is 1. The van der Waals surface area contributed by atoms with Crippen LogP contribution in [0, 0.1) is 0 Å². The van der Waals surface area contributed by atoms with Crippen LogP contribution in [0.25, 0.3) is 10.9 Å². The molecule has 27 heavy (non-hydrogen) atoms. The second-order valence-electron chi connectivity index (χ2n) is 6.15. The van der Waals surface area contributed by atoms with Crippen LogP contribution in [0.5, 0.6) is 0 Å². The number of rotatable bonds is 3. The molecule has 1 saturated heterocycles. The van der Waals surface area contributed by atoms with Gasteiger partial charge < -0.3 is 20.1 Å². The minimum absolute atomic E-state index is 0. The van der Waals surface area contributed by atoms with Gasteiger partial charge in [-0.1, -0.05) is 11.6 Å². The minimum Gasteiger partial charge on any atom is -0.338 e. The van der Waals surface area contributed by atoms with Crippen LogP contribution in [0.4, 0.5) is 11.6 Å². The van der Waals surface area contributed by atoms with Crippen molar-refractivity contribution >= 4 is 52.5 Å². The summed E-state index contributed by atoms with van der Waals surface area (Å²) in [5.74, 6) is 1.13. The van der Waals surface area contributed by atoms with Gasteiger partial charge in [0.2, 0.25) is 5.82 Å². The number of benzene rings is 1. The molecule has 1 amide bonds. The molecule has 8 nitrogen and oxygen atoms in total. The van der Waals surface area contributed by atoms with Crippen molar-refractivity contribution in [3.8, 4) is 0 Å². The number of hydrogen-bond donors (Lipinski definition) is 2. The first-order valence-corrected chi connectivity index (χ1v) is 8.70. The summed E-state index contributed by atoms with van der Waals surface area (Å²) in [6, 6.07) is 5.32. The smallest absolute Gasteiger partial charge is 0.291 e. The van der Waals surface area contributed by atoms with Crippen molar-refractivity contribution in [3.05, 3.63) is 41.6 Å². The third-order valence-corrected chi connectivity index (χ3v) is 4.44. The highest BCUT2D eigenvalue weighted by molar-refractivity contribution is 6.31. The van der Waals surface area contributed by atoms with Crippen LogP contribution in [0.15, 0.2) is 30.7 Å². The number of aryl methyl sites for hydroxylation is 1. The van der Waals surface area contributed by atoms with E-state index in [0.29, 0.717) is 35.3 Å². The summed E-state index contributed by atoms with van der Waals surface area (Å²) in [4.78, 5) is 27.8. The number of nitrogens with zero attached hydrogens (tertiary/aromatic N) is 5. The van der Waals surface area contributed by atoms with E-state index in [1.165, 1.54) is 0 Å². The Hall–Kier alpha value is -2.42. The van der Waals surface area contributed by atoms with Crippen LogP contribution in [-0.2, 0) is 7.05 Å². The van der Waals surface area contributed by atoms with Crippen LogP contribution < -0.4 is 10.6 Å². The summed E-state index contributed by atoms with van der Waals surface area (Å²) in [5.41, 5.74) is 0.654. The van der Waals surface area contributed by atoms with E-state index in [1.807, 2.05) is 17.8 Å². The van der Waals surface area contributed by atoms with Gasteiger partial charge in [-0.3, -0.25) is 4.79 Å². The number of imidazole rings is 1. The second kappa shape index (κ2) is 8.08. The lowest BCUT2D eigenvalue weighted by molar-refractivity contribution is 0.0724. The molecule has 1 aromatic carbocycles. The second-order valence-corrected chi connectivity index (χ2v) is 6.59. The first-order chi connectivity index (χ1) is 12.6. The Morgan fingerprint density at radius 2 is 2.04 bits per heavy atom. The molecule has 4 rings (SSSR count). The van der Waals surface area contributed by atoms with Gasteiger partial charge in [-0.2, -0.15) is 0 Å².